The van der Waals surface area contributed by atoms with Gasteiger partial charge in [0.05, 0.1) is 0 Å². The molecule has 0 aromatic heterocycles. The fourth-order valence-electron chi connectivity index (χ4n) is 0.0833. The van der Waals surface area contributed by atoms with Gasteiger partial charge in [-0.1, -0.05) is 0 Å². The molecule has 0 aromatic carbocycles. The second-order valence-electron chi connectivity index (χ2n) is 2.57. The zero-order chi connectivity index (χ0) is 5.91. The Bertz CT molecular complexity index is 47.7. The van der Waals surface area contributed by atoms with Crippen molar-refractivity contribution in [3.8, 4) is 0 Å². The molecule has 4 N–H and O–H groups in total. The van der Waals surface area contributed by atoms with Gasteiger partial charge in [0.25, 0.3) is 0 Å². The predicted octanol–water partition coefficient (Wildman–Crippen LogP) is -0.309. The summed E-state index contributed by atoms with van der Waals surface area (Å²) in [5, 5.41) is 1.72. The normalized spacial score (nSPS) is 12.0. The molecule has 0 aromatic rings. The summed E-state index contributed by atoms with van der Waals surface area (Å²) in [5.41, 5.74) is 10.8. The van der Waals surface area contributed by atoms with Crippen LogP contribution in [0.15, 0.2) is 0 Å². The zero-order valence-corrected chi connectivity index (χ0v) is 7.17. The van der Waals surface area contributed by atoms with Crippen molar-refractivity contribution in [3.05, 3.63) is 0 Å². The van der Waals surface area contributed by atoms with Crippen LogP contribution < -0.4 is 11.5 Å². The molecular formula is C4H14GeN2. The van der Waals surface area contributed by atoms with Crippen LogP contribution in [-0.4, -0.2) is 24.0 Å². The van der Waals surface area contributed by atoms with Crippen LogP contribution in [0, 0.1) is 0 Å². The molecule has 0 heterocycles. The van der Waals surface area contributed by atoms with Crippen molar-refractivity contribution in [2.45, 2.75) is 11.5 Å². The van der Waals surface area contributed by atoms with E-state index in [2.05, 4.69) is 11.5 Å². The Morgan fingerprint density at radius 1 is 1.14 bits per heavy atom. The molecule has 0 unspecified atom stereocenters. The van der Waals surface area contributed by atoms with E-state index in [1.807, 2.05) is 0 Å². The van der Waals surface area contributed by atoms with Gasteiger partial charge >= 0.3 is 47.0 Å². The molecule has 0 amide bonds. The molecule has 0 atom stereocenters. The Labute approximate surface area is 47.6 Å². The van der Waals surface area contributed by atoms with E-state index in [0.29, 0.717) is 0 Å². The van der Waals surface area contributed by atoms with Crippen LogP contribution >= 0.6 is 0 Å². The van der Waals surface area contributed by atoms with Crippen molar-refractivity contribution in [1.29, 1.82) is 0 Å². The average molecular weight is 163 g/mol. The standard InChI is InChI=1S/C4H14GeN2/c1-5(2,3-6)4-7/h3-4,6-7H2,1-2H3. The third-order valence-electron chi connectivity index (χ3n) is 1.11. The van der Waals surface area contributed by atoms with E-state index in [4.69, 9.17) is 11.5 Å². The third kappa shape index (κ3) is 3.08. The summed E-state index contributed by atoms with van der Waals surface area (Å²) in [7, 11) is 0. The molecule has 7 heavy (non-hydrogen) atoms. The van der Waals surface area contributed by atoms with E-state index in [1.54, 1.807) is 0 Å². The zero-order valence-electron chi connectivity index (χ0n) is 5.07. The van der Waals surface area contributed by atoms with Crippen molar-refractivity contribution in [2.75, 3.05) is 10.8 Å². The fourth-order valence-corrected chi connectivity index (χ4v) is 0.433. The molecule has 44 valence electrons. The van der Waals surface area contributed by atoms with Crippen molar-refractivity contribution in [1.82, 2.24) is 0 Å². The summed E-state index contributed by atoms with van der Waals surface area (Å²) in [6, 6.07) is 0. The minimum absolute atomic E-state index is 0.858. The summed E-state index contributed by atoms with van der Waals surface area (Å²) in [6.45, 7) is 0. The van der Waals surface area contributed by atoms with Gasteiger partial charge in [-0.25, -0.2) is 0 Å². The molecule has 0 fully saturated rings. The monoisotopic (exact) mass is 164 g/mol. The quantitative estimate of drug-likeness (QED) is 0.548. The van der Waals surface area contributed by atoms with Gasteiger partial charge in [0.15, 0.2) is 0 Å². The average Bonchev–Trinajstić information content (AvgIpc) is 1.68. The second-order valence-corrected chi connectivity index (χ2v) is 13.4. The van der Waals surface area contributed by atoms with Crippen LogP contribution in [0.1, 0.15) is 0 Å². The van der Waals surface area contributed by atoms with Crippen molar-refractivity contribution in [2.24, 2.45) is 11.5 Å². The summed E-state index contributed by atoms with van der Waals surface area (Å²) in [4.78, 5) is 0. The van der Waals surface area contributed by atoms with Gasteiger partial charge in [-0.15, -0.1) is 0 Å². The molecule has 0 spiro atoms. The third-order valence-corrected chi connectivity index (χ3v) is 5.74. The maximum atomic E-state index is 5.42. The van der Waals surface area contributed by atoms with Gasteiger partial charge in [0.2, 0.25) is 0 Å². The number of rotatable bonds is 2. The molecule has 0 aliphatic heterocycles. The molecule has 0 saturated heterocycles. The molecule has 0 rings (SSSR count). The van der Waals surface area contributed by atoms with E-state index in [1.165, 1.54) is 0 Å². The Balaban J connectivity index is 3.36. The van der Waals surface area contributed by atoms with Crippen LogP contribution in [0.2, 0.25) is 11.5 Å². The number of nitrogens with two attached hydrogens (primary N) is 2. The van der Waals surface area contributed by atoms with Gasteiger partial charge in [-0.3, -0.25) is 0 Å². The number of hydrogen-bond acceptors (Lipinski definition) is 2. The Morgan fingerprint density at radius 3 is 1.43 bits per heavy atom. The number of hydrogen-bond donors (Lipinski definition) is 2. The molecule has 0 saturated carbocycles. The SMILES string of the molecule is [CH3][Ge]([CH3])([CH2]N)[CH2]N. The van der Waals surface area contributed by atoms with Crippen LogP contribution in [0.3, 0.4) is 0 Å². The van der Waals surface area contributed by atoms with Gasteiger partial charge < -0.3 is 0 Å². The van der Waals surface area contributed by atoms with Gasteiger partial charge in [-0.05, 0) is 0 Å². The van der Waals surface area contributed by atoms with E-state index >= 15 is 0 Å². The Kier molecular flexibility index (Phi) is 2.87. The molecule has 0 bridgehead atoms. The van der Waals surface area contributed by atoms with Crippen LogP contribution in [0.5, 0.6) is 0 Å². The summed E-state index contributed by atoms with van der Waals surface area (Å²) in [6.07, 6.45) is 0. The summed E-state index contributed by atoms with van der Waals surface area (Å²) >= 11 is -1.53. The fraction of sp³-hybridized carbons (Fsp3) is 1.00. The maximum absolute atomic E-state index is 5.42. The van der Waals surface area contributed by atoms with E-state index < -0.39 is 13.3 Å². The van der Waals surface area contributed by atoms with E-state index in [0.717, 1.165) is 10.8 Å². The van der Waals surface area contributed by atoms with Crippen LogP contribution in [0.25, 0.3) is 0 Å². The minimum atomic E-state index is -1.53. The Morgan fingerprint density at radius 2 is 1.43 bits per heavy atom. The topological polar surface area (TPSA) is 52.0 Å². The van der Waals surface area contributed by atoms with Gasteiger partial charge in [0, 0.05) is 0 Å². The molecular weight excluding hydrogens is 149 g/mol. The van der Waals surface area contributed by atoms with Crippen molar-refractivity contribution >= 4 is 13.3 Å². The first-order valence-electron chi connectivity index (χ1n) is 2.52. The van der Waals surface area contributed by atoms with Crippen molar-refractivity contribution < 1.29 is 0 Å². The molecule has 3 heteroatoms. The van der Waals surface area contributed by atoms with Gasteiger partial charge in [0.1, 0.15) is 0 Å². The molecule has 0 aliphatic carbocycles. The van der Waals surface area contributed by atoms with Crippen LogP contribution in [0.4, 0.5) is 0 Å². The first kappa shape index (κ1) is 7.46. The van der Waals surface area contributed by atoms with E-state index in [-0.39, 0.29) is 0 Å². The Hall–Kier alpha value is 0.463. The van der Waals surface area contributed by atoms with E-state index in [9.17, 15) is 0 Å². The van der Waals surface area contributed by atoms with Crippen molar-refractivity contribution in [3.63, 3.8) is 0 Å². The first-order chi connectivity index (χ1) is 3.12. The molecule has 2 nitrogen and oxygen atoms in total. The molecule has 0 aliphatic rings. The van der Waals surface area contributed by atoms with Crippen LogP contribution in [-0.2, 0) is 0 Å². The second kappa shape index (κ2) is 2.69. The summed E-state index contributed by atoms with van der Waals surface area (Å²) < 4.78 is 0. The molecule has 0 radical (unpaired) electrons. The predicted molar refractivity (Wildman–Crippen MR) is 35.6 cm³/mol. The van der Waals surface area contributed by atoms with Gasteiger partial charge in [-0.2, -0.15) is 0 Å². The summed E-state index contributed by atoms with van der Waals surface area (Å²) in [5.74, 6) is 4.47. The first-order valence-corrected chi connectivity index (χ1v) is 9.69.